The minimum atomic E-state index is 0.0231. The molecule has 0 heterocycles. The molecule has 1 unspecified atom stereocenters. The third-order valence-corrected chi connectivity index (χ3v) is 2.61. The number of amides is 1. The number of hydrogen-bond donors (Lipinski definition) is 2. The predicted molar refractivity (Wildman–Crippen MR) is 66.4 cm³/mol. The first-order valence-electron chi connectivity index (χ1n) is 5.55. The Balaban J connectivity index is 2.72. The molecule has 88 valence electrons. The summed E-state index contributed by atoms with van der Waals surface area (Å²) < 4.78 is 0. The molecule has 0 spiro atoms. The van der Waals surface area contributed by atoms with E-state index in [0.717, 1.165) is 0 Å². The molecule has 0 radical (unpaired) electrons. The normalized spacial score (nSPS) is 12.2. The molecule has 0 aliphatic heterocycles. The van der Waals surface area contributed by atoms with Gasteiger partial charge in [0.1, 0.15) is 0 Å². The molecule has 0 saturated carbocycles. The Bertz CT molecular complexity index is 374. The predicted octanol–water partition coefficient (Wildman–Crippen LogP) is 1.70. The Morgan fingerprint density at radius 1 is 1.38 bits per heavy atom. The van der Waals surface area contributed by atoms with Crippen LogP contribution in [0.15, 0.2) is 18.2 Å². The van der Waals surface area contributed by atoms with Crippen molar-refractivity contribution >= 4 is 5.91 Å². The van der Waals surface area contributed by atoms with Gasteiger partial charge in [0.15, 0.2) is 0 Å². The molecule has 3 heteroatoms. The monoisotopic (exact) mass is 220 g/mol. The van der Waals surface area contributed by atoms with Crippen LogP contribution in [0.1, 0.15) is 29.7 Å². The van der Waals surface area contributed by atoms with E-state index in [-0.39, 0.29) is 11.9 Å². The second-order valence-corrected chi connectivity index (χ2v) is 4.18. The fourth-order valence-corrected chi connectivity index (χ4v) is 1.84. The quantitative estimate of drug-likeness (QED) is 0.811. The van der Waals surface area contributed by atoms with Gasteiger partial charge in [-0.2, -0.15) is 0 Å². The lowest BCUT2D eigenvalue weighted by molar-refractivity contribution is -0.120. The Labute approximate surface area is 97.2 Å². The van der Waals surface area contributed by atoms with Gasteiger partial charge in [-0.25, -0.2) is 0 Å². The fraction of sp³-hybridized carbons (Fsp3) is 0.462. The van der Waals surface area contributed by atoms with Crippen LogP contribution in [0.5, 0.6) is 0 Å². The summed E-state index contributed by atoms with van der Waals surface area (Å²) in [5.74, 6) is 0.0231. The average Bonchev–Trinajstić information content (AvgIpc) is 2.17. The molecule has 0 aliphatic rings. The molecule has 3 nitrogen and oxygen atoms in total. The molecule has 16 heavy (non-hydrogen) atoms. The van der Waals surface area contributed by atoms with Gasteiger partial charge in [0.2, 0.25) is 5.91 Å². The lowest BCUT2D eigenvalue weighted by atomic mass is 10.0. The van der Waals surface area contributed by atoms with Crippen LogP contribution in [0.4, 0.5) is 0 Å². The summed E-state index contributed by atoms with van der Waals surface area (Å²) in [6.07, 6.45) is 0. The van der Waals surface area contributed by atoms with E-state index in [2.05, 4.69) is 42.7 Å². The van der Waals surface area contributed by atoms with Crippen molar-refractivity contribution < 1.29 is 4.79 Å². The number of nitrogens with one attached hydrogen (secondary N) is 2. The number of benzene rings is 1. The highest BCUT2D eigenvalue weighted by atomic mass is 16.1. The van der Waals surface area contributed by atoms with Crippen molar-refractivity contribution in [2.24, 2.45) is 0 Å². The van der Waals surface area contributed by atoms with Crippen LogP contribution in [0, 0.1) is 13.8 Å². The maximum atomic E-state index is 11.4. The van der Waals surface area contributed by atoms with Crippen LogP contribution < -0.4 is 10.6 Å². The summed E-state index contributed by atoms with van der Waals surface area (Å²) in [4.78, 5) is 11.4. The first kappa shape index (κ1) is 12.7. The van der Waals surface area contributed by atoms with Crippen molar-refractivity contribution in [1.29, 1.82) is 0 Å². The zero-order valence-corrected chi connectivity index (χ0v) is 10.4. The highest BCUT2D eigenvalue weighted by Crippen LogP contribution is 2.18. The Hall–Kier alpha value is -1.35. The van der Waals surface area contributed by atoms with Crippen LogP contribution in [-0.4, -0.2) is 19.5 Å². The van der Waals surface area contributed by atoms with Gasteiger partial charge in [-0.3, -0.25) is 4.79 Å². The van der Waals surface area contributed by atoms with Gasteiger partial charge in [-0.05, 0) is 38.9 Å². The van der Waals surface area contributed by atoms with E-state index in [0.29, 0.717) is 6.54 Å². The molecule has 2 N–H and O–H groups in total. The number of likely N-dealkylation sites (N-methyl/N-ethyl adjacent to an activating group) is 1. The van der Waals surface area contributed by atoms with Gasteiger partial charge in [0.25, 0.3) is 0 Å². The summed E-state index contributed by atoms with van der Waals surface area (Å²) in [6, 6.07) is 6.34. The minimum absolute atomic E-state index is 0.0231. The van der Waals surface area contributed by atoms with Crippen molar-refractivity contribution in [2.75, 3.05) is 13.6 Å². The van der Waals surface area contributed by atoms with Crippen LogP contribution in [-0.2, 0) is 4.79 Å². The molecule has 0 aliphatic carbocycles. The summed E-state index contributed by atoms with van der Waals surface area (Å²) in [7, 11) is 1.77. The van der Waals surface area contributed by atoms with Crippen molar-refractivity contribution in [3.05, 3.63) is 34.9 Å². The lowest BCUT2D eigenvalue weighted by Crippen LogP contribution is -2.34. The molecular weight excluding hydrogens is 200 g/mol. The molecule has 1 rings (SSSR count). The minimum Gasteiger partial charge on any atom is -0.348 e. The molecule has 0 saturated heterocycles. The zero-order valence-electron chi connectivity index (χ0n) is 10.4. The number of carbonyl (C=O) groups is 1. The van der Waals surface area contributed by atoms with Crippen LogP contribution in [0.3, 0.4) is 0 Å². The summed E-state index contributed by atoms with van der Waals surface area (Å²) in [5, 5.41) is 5.79. The summed E-state index contributed by atoms with van der Waals surface area (Å²) in [6.45, 7) is 6.50. The molecule has 0 fully saturated rings. The van der Waals surface area contributed by atoms with E-state index in [1.54, 1.807) is 7.05 Å². The third kappa shape index (κ3) is 3.35. The summed E-state index contributed by atoms with van der Waals surface area (Å²) >= 11 is 0. The molecule has 1 aromatic carbocycles. The van der Waals surface area contributed by atoms with E-state index in [1.165, 1.54) is 16.7 Å². The van der Waals surface area contributed by atoms with E-state index in [1.807, 2.05) is 6.92 Å². The third-order valence-electron chi connectivity index (χ3n) is 2.61. The molecular formula is C13H20N2O. The van der Waals surface area contributed by atoms with Crippen molar-refractivity contribution in [3.8, 4) is 0 Å². The lowest BCUT2D eigenvalue weighted by Gasteiger charge is -2.17. The smallest absolute Gasteiger partial charge is 0.234 e. The molecule has 0 aromatic heterocycles. The fourth-order valence-electron chi connectivity index (χ4n) is 1.84. The summed E-state index contributed by atoms with van der Waals surface area (Å²) in [5.41, 5.74) is 3.64. The van der Waals surface area contributed by atoms with E-state index in [9.17, 15) is 4.79 Å². The van der Waals surface area contributed by atoms with E-state index >= 15 is 0 Å². The maximum absolute atomic E-state index is 11.4. The topological polar surface area (TPSA) is 41.1 Å². The molecule has 1 aromatic rings. The van der Waals surface area contributed by atoms with Gasteiger partial charge in [-0.15, -0.1) is 0 Å². The Kier molecular flexibility index (Phi) is 4.50. The second kappa shape index (κ2) is 5.66. The van der Waals surface area contributed by atoms with Crippen molar-refractivity contribution in [3.63, 3.8) is 0 Å². The van der Waals surface area contributed by atoms with Gasteiger partial charge >= 0.3 is 0 Å². The molecule has 1 amide bonds. The Morgan fingerprint density at radius 3 is 2.62 bits per heavy atom. The molecule has 0 bridgehead atoms. The first-order valence-corrected chi connectivity index (χ1v) is 5.55. The SMILES string of the molecule is CNCC(=O)NC(C)c1ccc(C)cc1C. The van der Waals surface area contributed by atoms with E-state index < -0.39 is 0 Å². The van der Waals surface area contributed by atoms with Crippen molar-refractivity contribution in [2.45, 2.75) is 26.8 Å². The zero-order chi connectivity index (χ0) is 12.1. The standard InChI is InChI=1S/C13H20N2O/c1-9-5-6-12(10(2)7-9)11(3)15-13(16)8-14-4/h5-7,11,14H,8H2,1-4H3,(H,15,16). The van der Waals surface area contributed by atoms with Crippen LogP contribution in [0.25, 0.3) is 0 Å². The van der Waals surface area contributed by atoms with Crippen LogP contribution in [0.2, 0.25) is 0 Å². The van der Waals surface area contributed by atoms with Gasteiger partial charge in [0.05, 0.1) is 12.6 Å². The molecule has 1 atom stereocenters. The number of aryl methyl sites for hydroxylation is 2. The second-order valence-electron chi connectivity index (χ2n) is 4.18. The van der Waals surface area contributed by atoms with Crippen LogP contribution >= 0.6 is 0 Å². The van der Waals surface area contributed by atoms with Gasteiger partial charge in [0, 0.05) is 0 Å². The highest BCUT2D eigenvalue weighted by molar-refractivity contribution is 5.78. The number of hydrogen-bond acceptors (Lipinski definition) is 2. The number of carbonyl (C=O) groups excluding carboxylic acids is 1. The highest BCUT2D eigenvalue weighted by Gasteiger charge is 2.10. The van der Waals surface area contributed by atoms with Gasteiger partial charge in [-0.1, -0.05) is 23.8 Å². The largest absolute Gasteiger partial charge is 0.348 e. The Morgan fingerprint density at radius 2 is 2.06 bits per heavy atom. The van der Waals surface area contributed by atoms with Crippen molar-refractivity contribution in [1.82, 2.24) is 10.6 Å². The first-order chi connectivity index (χ1) is 7.54. The maximum Gasteiger partial charge on any atom is 0.234 e. The number of rotatable bonds is 4. The average molecular weight is 220 g/mol. The van der Waals surface area contributed by atoms with Gasteiger partial charge < -0.3 is 10.6 Å². The van der Waals surface area contributed by atoms with E-state index in [4.69, 9.17) is 0 Å².